The number of hydrazone groups is 1. The van der Waals surface area contributed by atoms with E-state index in [1.807, 2.05) is 0 Å². The van der Waals surface area contributed by atoms with E-state index in [0.29, 0.717) is 0 Å². The van der Waals surface area contributed by atoms with Crippen molar-refractivity contribution in [3.63, 3.8) is 0 Å². The Balaban J connectivity index is 2.78. The average Bonchev–Trinajstić information content (AvgIpc) is 2.19. The number of nitrogens with zero attached hydrogens (tertiary/aromatic N) is 1. The zero-order chi connectivity index (χ0) is 11.4. The highest BCUT2D eigenvalue weighted by Gasteiger charge is 2.03. The first kappa shape index (κ1) is 11.1. The Morgan fingerprint density at radius 2 is 2.07 bits per heavy atom. The lowest BCUT2D eigenvalue weighted by atomic mass is 10.3. The molecule has 0 aromatic heterocycles. The van der Waals surface area contributed by atoms with Gasteiger partial charge in [0.25, 0.3) is 0 Å². The molecule has 2 N–H and O–H groups in total. The van der Waals surface area contributed by atoms with Gasteiger partial charge in [0.1, 0.15) is 5.71 Å². The van der Waals surface area contributed by atoms with Crippen molar-refractivity contribution in [3.8, 4) is 0 Å². The molecule has 1 rings (SSSR count). The van der Waals surface area contributed by atoms with Gasteiger partial charge in [-0.25, -0.2) is 13.6 Å². The van der Waals surface area contributed by atoms with Crippen molar-refractivity contribution in [2.24, 2.45) is 5.10 Å². The van der Waals surface area contributed by atoms with Gasteiger partial charge in [-0.1, -0.05) is 0 Å². The van der Waals surface area contributed by atoms with Crippen molar-refractivity contribution in [1.29, 1.82) is 0 Å². The largest absolute Gasteiger partial charge is 0.477 e. The minimum absolute atomic E-state index is 0.175. The van der Waals surface area contributed by atoms with Crippen molar-refractivity contribution >= 4 is 17.4 Å². The first-order chi connectivity index (χ1) is 7.00. The van der Waals surface area contributed by atoms with Gasteiger partial charge < -0.3 is 5.11 Å². The number of hydrogen-bond acceptors (Lipinski definition) is 3. The minimum atomic E-state index is -1.19. The van der Waals surface area contributed by atoms with Crippen LogP contribution in [0.2, 0.25) is 0 Å². The molecule has 0 aliphatic carbocycles. The second-order valence-electron chi connectivity index (χ2n) is 2.74. The maximum absolute atomic E-state index is 12.7. The SMILES string of the molecule is C/C(=N\Nc1ccc(F)c(F)c1)C(=O)O. The third kappa shape index (κ3) is 3.01. The van der Waals surface area contributed by atoms with Crippen LogP contribution < -0.4 is 5.43 Å². The highest BCUT2D eigenvalue weighted by molar-refractivity contribution is 6.34. The Morgan fingerprint density at radius 3 is 2.60 bits per heavy atom. The number of halogens is 2. The quantitative estimate of drug-likeness (QED) is 0.596. The summed E-state index contributed by atoms with van der Waals surface area (Å²) in [5, 5.41) is 11.9. The summed E-state index contributed by atoms with van der Waals surface area (Å²) in [4.78, 5) is 10.3. The second-order valence-corrected chi connectivity index (χ2v) is 2.74. The van der Waals surface area contributed by atoms with E-state index in [9.17, 15) is 13.6 Å². The van der Waals surface area contributed by atoms with Gasteiger partial charge in [-0.3, -0.25) is 5.43 Å². The average molecular weight is 214 g/mol. The number of hydrogen-bond donors (Lipinski definition) is 2. The molecule has 0 aliphatic heterocycles. The third-order valence-corrected chi connectivity index (χ3v) is 1.58. The smallest absolute Gasteiger partial charge is 0.351 e. The van der Waals surface area contributed by atoms with Crippen molar-refractivity contribution in [3.05, 3.63) is 29.8 Å². The molecular weight excluding hydrogens is 206 g/mol. The Hall–Kier alpha value is -1.98. The molecule has 1 aromatic carbocycles. The number of carboxylic acids is 1. The van der Waals surface area contributed by atoms with Crippen LogP contribution in [0.25, 0.3) is 0 Å². The van der Waals surface area contributed by atoms with Gasteiger partial charge in [0, 0.05) is 6.07 Å². The molecule has 0 amide bonds. The monoisotopic (exact) mass is 214 g/mol. The molecule has 0 saturated heterocycles. The summed E-state index contributed by atoms with van der Waals surface area (Å²) < 4.78 is 25.2. The summed E-state index contributed by atoms with van der Waals surface area (Å²) >= 11 is 0. The van der Waals surface area contributed by atoms with Gasteiger partial charge in [-0.2, -0.15) is 5.10 Å². The Labute approximate surface area is 84.2 Å². The van der Waals surface area contributed by atoms with Gasteiger partial charge in [0.05, 0.1) is 5.69 Å². The summed E-state index contributed by atoms with van der Waals surface area (Å²) in [6, 6.07) is 3.05. The fraction of sp³-hybridized carbons (Fsp3) is 0.111. The number of nitrogens with one attached hydrogen (secondary N) is 1. The summed E-state index contributed by atoms with van der Waals surface area (Å²) in [6.07, 6.45) is 0. The van der Waals surface area contributed by atoms with E-state index in [4.69, 9.17) is 5.11 Å². The molecule has 0 heterocycles. The fourth-order valence-electron chi connectivity index (χ4n) is 0.762. The molecule has 4 nitrogen and oxygen atoms in total. The Morgan fingerprint density at radius 1 is 1.40 bits per heavy atom. The predicted molar refractivity (Wildman–Crippen MR) is 50.7 cm³/mol. The van der Waals surface area contributed by atoms with Crippen LogP contribution in [0.4, 0.5) is 14.5 Å². The van der Waals surface area contributed by atoms with Crippen molar-refractivity contribution < 1.29 is 18.7 Å². The van der Waals surface area contributed by atoms with Crippen LogP contribution in [-0.2, 0) is 4.79 Å². The molecule has 0 radical (unpaired) electrons. The lowest BCUT2D eigenvalue weighted by Crippen LogP contribution is -2.10. The Kier molecular flexibility index (Phi) is 3.33. The fourth-order valence-corrected chi connectivity index (χ4v) is 0.762. The maximum atomic E-state index is 12.7. The number of carboxylic acid groups (broad SMARTS) is 1. The van der Waals surface area contributed by atoms with Gasteiger partial charge in [-0.05, 0) is 19.1 Å². The van der Waals surface area contributed by atoms with Crippen LogP contribution in [0, 0.1) is 11.6 Å². The summed E-state index contributed by atoms with van der Waals surface area (Å²) in [7, 11) is 0. The molecule has 0 aliphatic rings. The minimum Gasteiger partial charge on any atom is -0.477 e. The van der Waals surface area contributed by atoms with Crippen LogP contribution in [0.5, 0.6) is 0 Å². The summed E-state index contributed by atoms with van der Waals surface area (Å²) in [5.74, 6) is -3.19. The van der Waals surface area contributed by atoms with E-state index in [1.54, 1.807) is 0 Å². The second kappa shape index (κ2) is 4.50. The summed E-state index contributed by atoms with van der Waals surface area (Å²) in [6.45, 7) is 1.27. The molecule has 0 saturated carbocycles. The zero-order valence-corrected chi connectivity index (χ0v) is 7.79. The van der Waals surface area contributed by atoms with E-state index in [-0.39, 0.29) is 11.4 Å². The van der Waals surface area contributed by atoms with Crippen molar-refractivity contribution in [2.45, 2.75) is 6.92 Å². The van der Waals surface area contributed by atoms with E-state index < -0.39 is 17.6 Å². The Bertz CT molecular complexity index is 419. The van der Waals surface area contributed by atoms with Crippen LogP contribution >= 0.6 is 0 Å². The summed E-state index contributed by atoms with van der Waals surface area (Å²) in [5.41, 5.74) is 2.29. The highest BCUT2D eigenvalue weighted by atomic mass is 19.2. The third-order valence-electron chi connectivity index (χ3n) is 1.58. The van der Waals surface area contributed by atoms with Crippen molar-refractivity contribution in [1.82, 2.24) is 0 Å². The van der Waals surface area contributed by atoms with Crippen LogP contribution in [0.1, 0.15) is 6.92 Å². The topological polar surface area (TPSA) is 61.7 Å². The predicted octanol–water partition coefficient (Wildman–Crippen LogP) is 1.84. The molecule has 1 aromatic rings. The van der Waals surface area contributed by atoms with Gasteiger partial charge in [0.2, 0.25) is 0 Å². The normalized spacial score (nSPS) is 11.3. The molecule has 6 heteroatoms. The van der Waals surface area contributed by atoms with Crippen molar-refractivity contribution in [2.75, 3.05) is 5.43 Å². The molecule has 0 atom stereocenters. The van der Waals surface area contributed by atoms with E-state index in [2.05, 4.69) is 10.5 Å². The number of aliphatic carboxylic acids is 1. The number of rotatable bonds is 3. The molecular formula is C9H8F2N2O2. The number of anilines is 1. The van der Waals surface area contributed by atoms with E-state index in [0.717, 1.165) is 12.1 Å². The first-order valence-corrected chi connectivity index (χ1v) is 3.99. The molecule has 0 fully saturated rings. The lowest BCUT2D eigenvalue weighted by molar-refractivity contribution is -0.129. The standard InChI is InChI=1S/C9H8F2N2O2/c1-5(9(14)15)12-13-6-2-3-7(10)8(11)4-6/h2-4,13H,1H3,(H,14,15)/b12-5+. The van der Waals surface area contributed by atoms with Crippen LogP contribution in [0.3, 0.4) is 0 Å². The highest BCUT2D eigenvalue weighted by Crippen LogP contribution is 2.12. The maximum Gasteiger partial charge on any atom is 0.351 e. The first-order valence-electron chi connectivity index (χ1n) is 3.99. The molecule has 0 bridgehead atoms. The van der Waals surface area contributed by atoms with Crippen LogP contribution in [-0.4, -0.2) is 16.8 Å². The number of benzene rings is 1. The molecule has 15 heavy (non-hydrogen) atoms. The molecule has 0 unspecified atom stereocenters. The van der Waals surface area contributed by atoms with Gasteiger partial charge in [0.15, 0.2) is 11.6 Å². The van der Waals surface area contributed by atoms with Gasteiger partial charge >= 0.3 is 5.97 Å². The molecule has 80 valence electrons. The van der Waals surface area contributed by atoms with E-state index in [1.165, 1.54) is 13.0 Å². The zero-order valence-electron chi connectivity index (χ0n) is 7.79. The lowest BCUT2D eigenvalue weighted by Gasteiger charge is -2.01. The number of carbonyl (C=O) groups is 1. The van der Waals surface area contributed by atoms with Crippen LogP contribution in [0.15, 0.2) is 23.3 Å². The molecule has 0 spiro atoms. The van der Waals surface area contributed by atoms with E-state index >= 15 is 0 Å². The van der Waals surface area contributed by atoms with Gasteiger partial charge in [-0.15, -0.1) is 0 Å².